The molecule has 2 aromatic rings. The van der Waals surface area contributed by atoms with Crippen molar-refractivity contribution in [1.82, 2.24) is 5.32 Å². The van der Waals surface area contributed by atoms with Gasteiger partial charge in [-0.05, 0) is 25.1 Å². The van der Waals surface area contributed by atoms with Crippen molar-refractivity contribution in [2.45, 2.75) is 13.3 Å². The largest absolute Gasteiger partial charge is 0.469 e. The molecule has 0 bridgehead atoms. The predicted octanol–water partition coefficient (Wildman–Crippen LogP) is 2.49. The number of halogens is 1. The zero-order valence-corrected chi connectivity index (χ0v) is 11.5. The summed E-state index contributed by atoms with van der Waals surface area (Å²) in [6.07, 6.45) is 1.48. The van der Waals surface area contributed by atoms with Gasteiger partial charge in [-0.1, -0.05) is 12.1 Å². The first-order valence-electron chi connectivity index (χ1n) is 6.44. The van der Waals surface area contributed by atoms with Crippen molar-refractivity contribution in [3.8, 4) is 0 Å². The molecule has 2 N–H and O–H groups in total. The van der Waals surface area contributed by atoms with Gasteiger partial charge in [0.25, 0.3) is 5.91 Å². The Labute approximate surface area is 121 Å². The lowest BCUT2D eigenvalue weighted by molar-refractivity contribution is -0.116. The number of hydrogen-bond acceptors (Lipinski definition) is 3. The van der Waals surface area contributed by atoms with Crippen LogP contribution >= 0.6 is 0 Å². The molecule has 2 amide bonds. The van der Waals surface area contributed by atoms with Gasteiger partial charge in [-0.3, -0.25) is 9.59 Å². The molecule has 5 nitrogen and oxygen atoms in total. The van der Waals surface area contributed by atoms with E-state index in [1.807, 2.05) is 0 Å². The highest BCUT2D eigenvalue weighted by atomic mass is 19.1. The maximum Gasteiger partial charge on any atom is 0.254 e. The molecule has 0 aliphatic rings. The average Bonchev–Trinajstić information content (AvgIpc) is 2.87. The van der Waals surface area contributed by atoms with Crippen LogP contribution in [0, 0.1) is 12.7 Å². The molecule has 0 unspecified atom stereocenters. The van der Waals surface area contributed by atoms with Gasteiger partial charge in [-0.15, -0.1) is 0 Å². The molecule has 2 rings (SSSR count). The Morgan fingerprint density at radius 3 is 2.67 bits per heavy atom. The van der Waals surface area contributed by atoms with Crippen molar-refractivity contribution in [2.24, 2.45) is 0 Å². The molecule has 0 atom stereocenters. The van der Waals surface area contributed by atoms with Crippen molar-refractivity contribution < 1.29 is 18.4 Å². The zero-order chi connectivity index (χ0) is 15.2. The van der Waals surface area contributed by atoms with E-state index in [0.717, 1.165) is 0 Å². The summed E-state index contributed by atoms with van der Waals surface area (Å²) in [5.74, 6) is -0.656. The minimum Gasteiger partial charge on any atom is -0.469 e. The summed E-state index contributed by atoms with van der Waals surface area (Å²) in [5.41, 5.74) is 0.559. The van der Waals surface area contributed by atoms with Crippen LogP contribution in [0.5, 0.6) is 0 Å². The van der Waals surface area contributed by atoms with E-state index < -0.39 is 5.82 Å². The molecule has 0 saturated heterocycles. The smallest absolute Gasteiger partial charge is 0.254 e. The summed E-state index contributed by atoms with van der Waals surface area (Å²) >= 11 is 0. The number of carbonyl (C=O) groups is 2. The lowest BCUT2D eigenvalue weighted by Gasteiger charge is -2.07. The topological polar surface area (TPSA) is 71.3 Å². The van der Waals surface area contributed by atoms with Crippen LogP contribution in [0.4, 0.5) is 10.1 Å². The van der Waals surface area contributed by atoms with Gasteiger partial charge in [0.15, 0.2) is 0 Å². The van der Waals surface area contributed by atoms with Crippen molar-refractivity contribution in [1.29, 1.82) is 0 Å². The molecule has 21 heavy (non-hydrogen) atoms. The number of carbonyl (C=O) groups excluding carboxylic acids is 2. The summed E-state index contributed by atoms with van der Waals surface area (Å²) < 4.78 is 18.4. The van der Waals surface area contributed by atoms with Gasteiger partial charge in [-0.25, -0.2) is 4.39 Å². The van der Waals surface area contributed by atoms with Gasteiger partial charge in [0.1, 0.15) is 11.6 Å². The van der Waals surface area contributed by atoms with E-state index in [2.05, 4.69) is 10.6 Å². The Bertz CT molecular complexity index is 652. The van der Waals surface area contributed by atoms with E-state index in [4.69, 9.17) is 4.42 Å². The minimum atomic E-state index is -0.496. The lowest BCUT2D eigenvalue weighted by Crippen LogP contribution is -2.27. The number of benzene rings is 1. The second-order valence-electron chi connectivity index (χ2n) is 4.42. The predicted molar refractivity (Wildman–Crippen MR) is 75.4 cm³/mol. The SMILES string of the molecule is Cc1occc1C(=O)NCCC(=O)Nc1ccccc1F. The number of furan rings is 1. The van der Waals surface area contributed by atoms with Crippen LogP contribution < -0.4 is 10.6 Å². The van der Waals surface area contributed by atoms with Crippen LogP contribution in [0.25, 0.3) is 0 Å². The fraction of sp³-hybridized carbons (Fsp3) is 0.200. The summed E-state index contributed by atoms with van der Waals surface area (Å²) in [7, 11) is 0. The highest BCUT2D eigenvalue weighted by molar-refractivity contribution is 5.96. The Morgan fingerprint density at radius 1 is 1.24 bits per heavy atom. The minimum absolute atomic E-state index is 0.0526. The van der Waals surface area contributed by atoms with Crippen LogP contribution in [0.2, 0.25) is 0 Å². The first kappa shape index (κ1) is 14.8. The Hall–Kier alpha value is -2.63. The molecule has 6 heteroatoms. The van der Waals surface area contributed by atoms with E-state index in [0.29, 0.717) is 11.3 Å². The van der Waals surface area contributed by atoms with Gasteiger partial charge >= 0.3 is 0 Å². The normalized spacial score (nSPS) is 10.2. The van der Waals surface area contributed by atoms with Gasteiger partial charge in [0, 0.05) is 13.0 Å². The van der Waals surface area contributed by atoms with Crippen molar-refractivity contribution >= 4 is 17.5 Å². The number of nitrogens with one attached hydrogen (secondary N) is 2. The van der Waals surface area contributed by atoms with Crippen LogP contribution in [-0.2, 0) is 4.79 Å². The third-order valence-electron chi connectivity index (χ3n) is 2.89. The van der Waals surface area contributed by atoms with Crippen molar-refractivity contribution in [3.63, 3.8) is 0 Å². The van der Waals surface area contributed by atoms with E-state index in [-0.39, 0.29) is 30.5 Å². The fourth-order valence-electron chi connectivity index (χ4n) is 1.78. The Kier molecular flexibility index (Phi) is 4.71. The van der Waals surface area contributed by atoms with Crippen LogP contribution in [0.15, 0.2) is 41.0 Å². The standard InChI is InChI=1S/C15H15FN2O3/c1-10-11(7-9-21-10)15(20)17-8-6-14(19)18-13-5-3-2-4-12(13)16/h2-5,7,9H,6,8H2,1H3,(H,17,20)(H,18,19). The summed E-state index contributed by atoms with van der Waals surface area (Å²) in [4.78, 5) is 23.4. The third kappa shape index (κ3) is 3.92. The molecule has 110 valence electrons. The number of para-hydroxylation sites is 1. The third-order valence-corrected chi connectivity index (χ3v) is 2.89. The van der Waals surface area contributed by atoms with Crippen LogP contribution in [-0.4, -0.2) is 18.4 Å². The van der Waals surface area contributed by atoms with Gasteiger partial charge in [0.05, 0.1) is 17.5 Å². The van der Waals surface area contributed by atoms with Crippen LogP contribution in [0.1, 0.15) is 22.5 Å². The zero-order valence-electron chi connectivity index (χ0n) is 11.5. The Morgan fingerprint density at radius 2 is 2.00 bits per heavy atom. The first-order chi connectivity index (χ1) is 10.1. The molecule has 1 aromatic carbocycles. The second kappa shape index (κ2) is 6.69. The van der Waals surface area contributed by atoms with E-state index in [1.54, 1.807) is 25.1 Å². The first-order valence-corrected chi connectivity index (χ1v) is 6.44. The number of hydrogen-bond donors (Lipinski definition) is 2. The van der Waals surface area contributed by atoms with E-state index in [9.17, 15) is 14.0 Å². The summed E-state index contributed by atoms with van der Waals surface area (Å²) in [6.45, 7) is 1.84. The maximum absolute atomic E-state index is 13.3. The second-order valence-corrected chi connectivity index (χ2v) is 4.42. The highest BCUT2D eigenvalue weighted by Gasteiger charge is 2.11. The Balaban J connectivity index is 1.79. The highest BCUT2D eigenvalue weighted by Crippen LogP contribution is 2.12. The number of aryl methyl sites for hydroxylation is 1. The van der Waals surface area contributed by atoms with Gasteiger partial charge < -0.3 is 15.1 Å². The lowest BCUT2D eigenvalue weighted by atomic mass is 10.2. The monoisotopic (exact) mass is 290 g/mol. The molecule has 0 fully saturated rings. The number of amides is 2. The summed E-state index contributed by atoms with van der Waals surface area (Å²) in [6, 6.07) is 7.46. The maximum atomic E-state index is 13.3. The molecule has 0 saturated carbocycles. The van der Waals surface area contributed by atoms with Gasteiger partial charge in [0.2, 0.25) is 5.91 Å². The molecule has 1 aromatic heterocycles. The number of rotatable bonds is 5. The molecular formula is C15H15FN2O3. The van der Waals surface area contributed by atoms with Crippen LogP contribution in [0.3, 0.4) is 0 Å². The quantitative estimate of drug-likeness (QED) is 0.888. The van der Waals surface area contributed by atoms with E-state index >= 15 is 0 Å². The van der Waals surface area contributed by atoms with Crippen molar-refractivity contribution in [2.75, 3.05) is 11.9 Å². The van der Waals surface area contributed by atoms with E-state index in [1.165, 1.54) is 18.4 Å². The molecule has 0 aliphatic carbocycles. The molecule has 0 spiro atoms. The fourth-order valence-corrected chi connectivity index (χ4v) is 1.78. The number of anilines is 1. The average molecular weight is 290 g/mol. The molecule has 0 radical (unpaired) electrons. The molecular weight excluding hydrogens is 275 g/mol. The molecule has 1 heterocycles. The van der Waals surface area contributed by atoms with Gasteiger partial charge in [-0.2, -0.15) is 0 Å². The summed E-state index contributed by atoms with van der Waals surface area (Å²) in [5, 5.41) is 5.05. The van der Waals surface area contributed by atoms with Crippen molar-refractivity contribution in [3.05, 3.63) is 53.7 Å². The molecule has 0 aliphatic heterocycles.